The van der Waals surface area contributed by atoms with Crippen LogP contribution in [0.25, 0.3) is 0 Å². The molecular weight excluding hydrogens is 627 g/mol. The van der Waals surface area contributed by atoms with Gasteiger partial charge >= 0.3 is 16.8 Å². The molecule has 0 heterocycles. The summed E-state index contributed by atoms with van der Waals surface area (Å²) in [4.78, 5) is 26.9. The van der Waals surface area contributed by atoms with Crippen LogP contribution in [0.4, 0.5) is 0 Å². The van der Waals surface area contributed by atoms with Crippen molar-refractivity contribution in [1.82, 2.24) is 0 Å². The fraction of sp³-hybridized carbons (Fsp3) is 0.568. The first-order valence-electron chi connectivity index (χ1n) is 16.0. The maximum absolute atomic E-state index is 10.8. The first-order valence-corrected chi connectivity index (χ1v) is 16.0. The molecule has 46 heavy (non-hydrogen) atoms. The molecule has 0 fully saturated rings. The quantitative estimate of drug-likeness (QED) is 0.186. The number of aliphatic imine (C=N–C) groups is 2. The van der Waals surface area contributed by atoms with Crippen LogP contribution in [-0.2, 0) is 39.2 Å². The Kier molecular flexibility index (Phi) is 23.5. The van der Waals surface area contributed by atoms with Crippen LogP contribution in [0, 0.1) is 11.8 Å². The van der Waals surface area contributed by atoms with Crippen LogP contribution < -0.4 is 10.2 Å². The molecule has 9 heteroatoms. The number of phenolic OH excluding ortho intramolecular Hbond substituents is 2. The van der Waals surface area contributed by atoms with Gasteiger partial charge in [-0.15, -0.1) is 0 Å². The topological polar surface area (TPSA) is 145 Å². The van der Waals surface area contributed by atoms with Gasteiger partial charge in [-0.2, -0.15) is 0 Å². The standard InChI is InChI=1S/C33H50N2O2.2C2H4O2.Co/c1-22(2)10-12-26-16-28(32(36)30(18-26)24(5)6)20-34-14-9-15-35-21-29-17-27(13-11-23(3)4)19-31(25(7)8)33(29)37;2*1-2(3)4;/h16-25,36-37H,9-15H2,1-8H3;2*1H3,(H,3,4);/q;;;+2/p-2. The molecule has 0 atom stereocenters. The Morgan fingerprint density at radius 2 is 0.978 bits per heavy atom. The molecule has 0 bridgehead atoms. The average Bonchev–Trinajstić information content (AvgIpc) is 2.91. The number of carbonyl (C=O) groups is 2. The summed E-state index contributed by atoms with van der Waals surface area (Å²) in [5, 5.41) is 39.3. The van der Waals surface area contributed by atoms with Gasteiger partial charge in [0.2, 0.25) is 0 Å². The number of carboxylic acids is 2. The number of phenols is 2. The summed E-state index contributed by atoms with van der Waals surface area (Å²) in [6.07, 6.45) is 8.71. The Balaban J connectivity index is 0. The van der Waals surface area contributed by atoms with Crippen LogP contribution >= 0.6 is 0 Å². The van der Waals surface area contributed by atoms with Gasteiger partial charge in [-0.05, 0) is 104 Å². The summed E-state index contributed by atoms with van der Waals surface area (Å²) in [5.41, 5.74) is 6.11. The minimum Gasteiger partial charge on any atom is -0.550 e. The van der Waals surface area contributed by atoms with Gasteiger partial charge in [0.15, 0.2) is 0 Å². The Bertz CT molecular complexity index is 1150. The van der Waals surface area contributed by atoms with Crippen LogP contribution in [0.1, 0.15) is 134 Å². The molecule has 0 amide bonds. The van der Waals surface area contributed by atoms with E-state index in [9.17, 15) is 10.2 Å². The first-order chi connectivity index (χ1) is 21.0. The predicted octanol–water partition coefficient (Wildman–Crippen LogP) is 5.96. The van der Waals surface area contributed by atoms with E-state index in [2.05, 4.69) is 89.6 Å². The summed E-state index contributed by atoms with van der Waals surface area (Å²) < 4.78 is 0. The van der Waals surface area contributed by atoms with Crippen LogP contribution in [0.3, 0.4) is 0 Å². The Morgan fingerprint density at radius 3 is 1.24 bits per heavy atom. The number of aliphatic carboxylic acids is 2. The van der Waals surface area contributed by atoms with E-state index in [0.29, 0.717) is 36.4 Å². The third-order valence-corrected chi connectivity index (χ3v) is 6.76. The molecule has 0 aliphatic heterocycles. The molecule has 2 rings (SSSR count). The van der Waals surface area contributed by atoms with Crippen LogP contribution in [0.5, 0.6) is 11.5 Å². The second kappa shape index (κ2) is 24.1. The Morgan fingerprint density at radius 1 is 0.674 bits per heavy atom. The molecule has 0 aliphatic rings. The SMILES string of the molecule is CC(=O)[O-].CC(=O)[O-].CC(C)CCc1cc(C=NCCCN=Cc2cc(CCC(C)C)cc(C(C)C)c2O)c(O)c(C(C)C)c1.[Co+2]. The molecule has 0 aromatic heterocycles. The summed E-state index contributed by atoms with van der Waals surface area (Å²) in [5.74, 6) is 0.345. The first kappa shape index (κ1) is 45.0. The molecule has 8 nitrogen and oxygen atoms in total. The van der Waals surface area contributed by atoms with Crippen molar-refractivity contribution in [1.29, 1.82) is 0 Å². The number of aromatic hydroxyl groups is 2. The van der Waals surface area contributed by atoms with Crippen molar-refractivity contribution < 1.29 is 46.8 Å². The van der Waals surface area contributed by atoms with E-state index in [0.717, 1.165) is 68.2 Å². The predicted molar refractivity (Wildman–Crippen MR) is 182 cm³/mol. The Labute approximate surface area is 287 Å². The summed E-state index contributed by atoms with van der Waals surface area (Å²) >= 11 is 0. The van der Waals surface area contributed by atoms with Crippen molar-refractivity contribution in [2.24, 2.45) is 21.8 Å². The van der Waals surface area contributed by atoms with Gasteiger partial charge in [0, 0.05) is 48.6 Å². The number of carboxylic acid groups (broad SMARTS) is 2. The minimum atomic E-state index is -1.08. The smallest absolute Gasteiger partial charge is 0.550 e. The second-order valence-electron chi connectivity index (χ2n) is 12.8. The van der Waals surface area contributed by atoms with Gasteiger partial charge in [-0.1, -0.05) is 67.5 Å². The number of aryl methyl sites for hydroxylation is 2. The molecule has 259 valence electrons. The van der Waals surface area contributed by atoms with Crippen LogP contribution in [0.15, 0.2) is 34.3 Å². The fourth-order valence-electron chi connectivity index (χ4n) is 4.34. The number of carbonyl (C=O) groups excluding carboxylic acids is 2. The zero-order valence-corrected chi connectivity index (χ0v) is 30.5. The minimum absolute atomic E-state index is 0. The number of nitrogens with zero attached hydrogens (tertiary/aromatic N) is 2. The third-order valence-electron chi connectivity index (χ3n) is 6.76. The van der Waals surface area contributed by atoms with Gasteiger partial charge in [0.05, 0.1) is 0 Å². The van der Waals surface area contributed by atoms with Crippen molar-refractivity contribution in [3.63, 3.8) is 0 Å². The van der Waals surface area contributed by atoms with Crippen molar-refractivity contribution >= 4 is 24.4 Å². The summed E-state index contributed by atoms with van der Waals surface area (Å²) in [7, 11) is 0. The molecule has 0 aliphatic carbocycles. The van der Waals surface area contributed by atoms with Crippen molar-refractivity contribution in [3.05, 3.63) is 57.6 Å². The molecule has 2 aromatic carbocycles. The molecular formula is C37H56CoN2O6. The zero-order chi connectivity index (χ0) is 34.7. The molecule has 2 N–H and O–H groups in total. The molecule has 0 spiro atoms. The summed E-state index contributed by atoms with van der Waals surface area (Å²) in [6, 6.07) is 8.44. The van der Waals surface area contributed by atoms with Crippen molar-refractivity contribution in [2.45, 2.75) is 113 Å². The van der Waals surface area contributed by atoms with E-state index in [1.54, 1.807) is 0 Å². The molecule has 0 saturated carbocycles. The Hall–Kier alpha value is -3.17. The van der Waals surface area contributed by atoms with Crippen molar-refractivity contribution in [2.75, 3.05) is 13.1 Å². The van der Waals surface area contributed by atoms with Crippen LogP contribution in [-0.4, -0.2) is 47.7 Å². The number of hydrogen-bond donors (Lipinski definition) is 2. The van der Waals surface area contributed by atoms with E-state index in [1.807, 2.05) is 12.4 Å². The number of rotatable bonds is 14. The molecule has 2 aromatic rings. The maximum Gasteiger partial charge on any atom is 2.00 e. The van der Waals surface area contributed by atoms with E-state index >= 15 is 0 Å². The van der Waals surface area contributed by atoms with E-state index < -0.39 is 11.9 Å². The number of hydrogen-bond acceptors (Lipinski definition) is 8. The van der Waals surface area contributed by atoms with Crippen LogP contribution in [0.2, 0.25) is 0 Å². The summed E-state index contributed by atoms with van der Waals surface area (Å²) in [6.45, 7) is 20.6. The largest absolute Gasteiger partial charge is 2.00 e. The molecule has 0 saturated heterocycles. The molecule has 0 unspecified atom stereocenters. The average molecular weight is 684 g/mol. The van der Waals surface area contributed by atoms with Gasteiger partial charge in [-0.3, -0.25) is 9.98 Å². The fourth-order valence-corrected chi connectivity index (χ4v) is 4.34. The van der Waals surface area contributed by atoms with Gasteiger partial charge in [-0.25, -0.2) is 0 Å². The van der Waals surface area contributed by atoms with Gasteiger partial charge in [0.25, 0.3) is 0 Å². The zero-order valence-electron chi connectivity index (χ0n) is 29.5. The van der Waals surface area contributed by atoms with Gasteiger partial charge in [0.1, 0.15) is 11.5 Å². The van der Waals surface area contributed by atoms with E-state index in [4.69, 9.17) is 19.8 Å². The van der Waals surface area contributed by atoms with Crippen molar-refractivity contribution in [3.8, 4) is 11.5 Å². The second-order valence-corrected chi connectivity index (χ2v) is 12.8. The monoisotopic (exact) mass is 683 g/mol. The normalized spacial score (nSPS) is 11.1. The third kappa shape index (κ3) is 20.1. The number of benzene rings is 2. The maximum atomic E-state index is 10.8. The van der Waals surface area contributed by atoms with Gasteiger partial charge < -0.3 is 30.0 Å². The van der Waals surface area contributed by atoms with E-state index in [-0.39, 0.29) is 28.6 Å². The molecule has 1 radical (unpaired) electrons. The van der Waals surface area contributed by atoms with E-state index in [1.165, 1.54) is 11.1 Å².